The molecule has 2 rings (SSSR count). The Morgan fingerprint density at radius 1 is 1.11 bits per heavy atom. The molecule has 0 fully saturated rings. The molecule has 2 aromatic rings. The summed E-state index contributed by atoms with van der Waals surface area (Å²) in [5, 5.41) is 15.6. The van der Waals surface area contributed by atoms with Crippen LogP contribution in [0.2, 0.25) is 0 Å². The smallest absolute Gasteiger partial charge is 0.341 e. The summed E-state index contributed by atoms with van der Waals surface area (Å²) in [5.41, 5.74) is 4.57. The van der Waals surface area contributed by atoms with Crippen molar-refractivity contribution >= 4 is 23.3 Å². The molecule has 0 spiro atoms. The maximum atomic E-state index is 12.0. The molecule has 0 atom stereocenters. The summed E-state index contributed by atoms with van der Waals surface area (Å²) in [6, 6.07) is 14.0. The summed E-state index contributed by atoms with van der Waals surface area (Å²) in [5.74, 6) is -0.253. The van der Waals surface area contributed by atoms with Gasteiger partial charge >= 0.3 is 5.97 Å². The number of anilines is 1. The summed E-state index contributed by atoms with van der Waals surface area (Å²) in [6.07, 6.45) is 0. The Morgan fingerprint density at radius 2 is 1.81 bits per heavy atom. The number of para-hydroxylation sites is 2. The molecule has 0 aliphatic carbocycles. The van der Waals surface area contributed by atoms with Crippen LogP contribution < -0.4 is 20.2 Å². The molecule has 0 aliphatic rings. The first-order valence-electron chi connectivity index (χ1n) is 8.14. The molecule has 8 heteroatoms. The third kappa shape index (κ3) is 6.35. The maximum absolute atomic E-state index is 12.0. The van der Waals surface area contributed by atoms with Gasteiger partial charge in [-0.3, -0.25) is 4.79 Å². The van der Waals surface area contributed by atoms with Crippen LogP contribution in [-0.4, -0.2) is 43.0 Å². The second kappa shape index (κ2) is 9.81. The van der Waals surface area contributed by atoms with E-state index in [0.717, 1.165) is 5.56 Å². The van der Waals surface area contributed by atoms with E-state index in [0.29, 0.717) is 22.9 Å². The Morgan fingerprint density at radius 3 is 2.48 bits per heavy atom. The van der Waals surface area contributed by atoms with Crippen LogP contribution in [0.25, 0.3) is 0 Å². The van der Waals surface area contributed by atoms with Crippen molar-refractivity contribution in [1.29, 1.82) is 0 Å². The summed E-state index contributed by atoms with van der Waals surface area (Å²) in [6.45, 7) is 1.39. The van der Waals surface area contributed by atoms with Gasteiger partial charge in [-0.2, -0.15) is 5.10 Å². The van der Waals surface area contributed by atoms with Gasteiger partial charge in [0.1, 0.15) is 11.5 Å². The predicted octanol–water partition coefficient (Wildman–Crippen LogP) is 2.11. The van der Waals surface area contributed by atoms with Gasteiger partial charge in [0.05, 0.1) is 25.1 Å². The molecule has 142 valence electrons. The minimum Gasteiger partial charge on any atom is -0.495 e. The van der Waals surface area contributed by atoms with Crippen LogP contribution in [0.1, 0.15) is 12.5 Å². The Hall–Kier alpha value is -3.55. The molecule has 0 aliphatic heterocycles. The second-order valence-corrected chi connectivity index (χ2v) is 5.49. The summed E-state index contributed by atoms with van der Waals surface area (Å²) >= 11 is 0. The van der Waals surface area contributed by atoms with E-state index in [2.05, 4.69) is 15.8 Å². The third-order valence-electron chi connectivity index (χ3n) is 3.53. The molecule has 0 saturated carbocycles. The number of methoxy groups -OCH3 is 1. The van der Waals surface area contributed by atoms with Crippen LogP contribution in [0.4, 0.5) is 5.69 Å². The minimum absolute atomic E-state index is 0.0408. The van der Waals surface area contributed by atoms with Crippen LogP contribution in [-0.2, 0) is 9.59 Å². The SMILES string of the molecule is COc1ccccc1NCC(=O)N/N=C(/C)c1ccc(OCC(=O)O)cc1. The Labute approximate surface area is 156 Å². The lowest BCUT2D eigenvalue weighted by Crippen LogP contribution is -2.26. The van der Waals surface area contributed by atoms with Gasteiger partial charge in [0.25, 0.3) is 5.91 Å². The lowest BCUT2D eigenvalue weighted by atomic mass is 10.1. The van der Waals surface area contributed by atoms with Gasteiger partial charge in [0.2, 0.25) is 0 Å². The van der Waals surface area contributed by atoms with Gasteiger partial charge in [0.15, 0.2) is 6.61 Å². The topological polar surface area (TPSA) is 109 Å². The molecule has 3 N–H and O–H groups in total. The van der Waals surface area contributed by atoms with Crippen molar-refractivity contribution in [3.63, 3.8) is 0 Å². The van der Waals surface area contributed by atoms with E-state index in [9.17, 15) is 9.59 Å². The molecule has 0 saturated heterocycles. The Bertz CT molecular complexity index is 818. The number of benzene rings is 2. The molecule has 0 unspecified atom stereocenters. The van der Waals surface area contributed by atoms with E-state index in [1.54, 1.807) is 44.4 Å². The standard InChI is InChI=1S/C19H21N3O5/c1-13(14-7-9-15(10-8-14)27-12-19(24)25)21-22-18(23)11-20-16-5-3-4-6-17(16)26-2/h3-10,20H,11-12H2,1-2H3,(H,22,23)(H,24,25)/b21-13-. The maximum Gasteiger partial charge on any atom is 0.341 e. The number of aliphatic carboxylic acids is 1. The number of carboxylic acid groups (broad SMARTS) is 1. The fourth-order valence-corrected chi connectivity index (χ4v) is 2.15. The number of carbonyl (C=O) groups is 2. The van der Waals surface area contributed by atoms with Crippen molar-refractivity contribution in [2.24, 2.45) is 5.10 Å². The van der Waals surface area contributed by atoms with E-state index in [1.807, 2.05) is 18.2 Å². The highest BCUT2D eigenvalue weighted by Crippen LogP contribution is 2.22. The van der Waals surface area contributed by atoms with Gasteiger partial charge in [-0.25, -0.2) is 10.2 Å². The molecule has 0 aromatic heterocycles. The number of nitrogens with zero attached hydrogens (tertiary/aromatic N) is 1. The zero-order chi connectivity index (χ0) is 19.6. The van der Waals surface area contributed by atoms with Crippen molar-refractivity contribution in [3.05, 3.63) is 54.1 Å². The van der Waals surface area contributed by atoms with Crippen molar-refractivity contribution in [1.82, 2.24) is 5.43 Å². The highest BCUT2D eigenvalue weighted by molar-refractivity contribution is 5.99. The number of amides is 1. The largest absolute Gasteiger partial charge is 0.495 e. The normalized spacial score (nSPS) is 10.8. The fraction of sp³-hybridized carbons (Fsp3) is 0.211. The van der Waals surface area contributed by atoms with E-state index in [4.69, 9.17) is 14.6 Å². The molecular formula is C19H21N3O5. The Balaban J connectivity index is 1.86. The predicted molar refractivity (Wildman–Crippen MR) is 101 cm³/mol. The van der Waals surface area contributed by atoms with Gasteiger partial charge in [-0.1, -0.05) is 12.1 Å². The number of nitrogens with one attached hydrogen (secondary N) is 2. The van der Waals surface area contributed by atoms with E-state index in [1.165, 1.54) is 0 Å². The number of hydrogen-bond acceptors (Lipinski definition) is 6. The van der Waals surface area contributed by atoms with E-state index in [-0.39, 0.29) is 12.5 Å². The van der Waals surface area contributed by atoms with Crippen LogP contribution in [0.3, 0.4) is 0 Å². The number of hydrazone groups is 1. The highest BCUT2D eigenvalue weighted by atomic mass is 16.5. The van der Waals surface area contributed by atoms with Crippen LogP contribution in [0, 0.1) is 0 Å². The summed E-state index contributed by atoms with van der Waals surface area (Å²) < 4.78 is 10.3. The van der Waals surface area contributed by atoms with Crippen molar-refractivity contribution in [3.8, 4) is 11.5 Å². The molecule has 2 aromatic carbocycles. The summed E-state index contributed by atoms with van der Waals surface area (Å²) in [7, 11) is 1.56. The van der Waals surface area contributed by atoms with Crippen LogP contribution >= 0.6 is 0 Å². The van der Waals surface area contributed by atoms with Crippen molar-refractivity contribution < 1.29 is 24.2 Å². The average Bonchev–Trinajstić information content (AvgIpc) is 2.69. The van der Waals surface area contributed by atoms with Gasteiger partial charge in [0, 0.05) is 0 Å². The number of carbonyl (C=O) groups excluding carboxylic acids is 1. The van der Waals surface area contributed by atoms with Gasteiger partial charge in [-0.15, -0.1) is 0 Å². The van der Waals surface area contributed by atoms with Crippen molar-refractivity contribution in [2.75, 3.05) is 25.6 Å². The number of ether oxygens (including phenoxy) is 2. The van der Waals surface area contributed by atoms with Crippen LogP contribution in [0.15, 0.2) is 53.6 Å². The quantitative estimate of drug-likeness (QED) is 0.460. The zero-order valence-corrected chi connectivity index (χ0v) is 15.1. The average molecular weight is 371 g/mol. The molecule has 0 heterocycles. The lowest BCUT2D eigenvalue weighted by Gasteiger charge is -2.10. The van der Waals surface area contributed by atoms with Crippen molar-refractivity contribution in [2.45, 2.75) is 6.92 Å². The number of rotatable bonds is 9. The third-order valence-corrected chi connectivity index (χ3v) is 3.53. The first-order valence-corrected chi connectivity index (χ1v) is 8.14. The highest BCUT2D eigenvalue weighted by Gasteiger charge is 2.05. The minimum atomic E-state index is -1.04. The Kier molecular flexibility index (Phi) is 7.18. The molecule has 8 nitrogen and oxygen atoms in total. The first-order chi connectivity index (χ1) is 13.0. The molecule has 0 radical (unpaired) electrons. The number of hydrogen-bond donors (Lipinski definition) is 3. The monoisotopic (exact) mass is 371 g/mol. The van der Waals surface area contributed by atoms with E-state index < -0.39 is 12.6 Å². The lowest BCUT2D eigenvalue weighted by molar-refractivity contribution is -0.139. The second-order valence-electron chi connectivity index (χ2n) is 5.49. The number of carboxylic acids is 1. The van der Waals surface area contributed by atoms with Crippen LogP contribution in [0.5, 0.6) is 11.5 Å². The zero-order valence-electron chi connectivity index (χ0n) is 15.1. The van der Waals surface area contributed by atoms with Gasteiger partial charge < -0.3 is 19.9 Å². The molecule has 27 heavy (non-hydrogen) atoms. The van der Waals surface area contributed by atoms with E-state index >= 15 is 0 Å². The first kappa shape index (κ1) is 19.8. The summed E-state index contributed by atoms with van der Waals surface area (Å²) in [4.78, 5) is 22.4. The van der Waals surface area contributed by atoms with Gasteiger partial charge in [-0.05, 0) is 48.9 Å². The fourth-order valence-electron chi connectivity index (χ4n) is 2.15. The molecule has 0 bridgehead atoms. The molecular weight excluding hydrogens is 350 g/mol. The molecule has 1 amide bonds.